The van der Waals surface area contributed by atoms with Gasteiger partial charge >= 0.3 is 6.03 Å². The quantitative estimate of drug-likeness (QED) is 0.779. The molecule has 116 valence electrons. The average Bonchev–Trinajstić information content (AvgIpc) is 2.58. The second-order valence-electron chi connectivity index (χ2n) is 5.10. The molecule has 23 heavy (non-hydrogen) atoms. The SMILES string of the molecule is Cc1nc2ccccn2c(=O)c1NC(=O)NCc1ccccc1. The summed E-state index contributed by atoms with van der Waals surface area (Å²) in [4.78, 5) is 28.8. The number of anilines is 1. The summed E-state index contributed by atoms with van der Waals surface area (Å²) in [6.45, 7) is 2.08. The number of carbonyl (C=O) groups is 1. The number of urea groups is 1. The van der Waals surface area contributed by atoms with E-state index in [-0.39, 0.29) is 11.2 Å². The van der Waals surface area contributed by atoms with Crippen LogP contribution in [0.4, 0.5) is 10.5 Å². The summed E-state index contributed by atoms with van der Waals surface area (Å²) in [5, 5.41) is 5.32. The van der Waals surface area contributed by atoms with E-state index in [0.717, 1.165) is 5.56 Å². The second kappa shape index (κ2) is 6.31. The summed E-state index contributed by atoms with van der Waals surface area (Å²) < 4.78 is 1.40. The number of fused-ring (bicyclic) bond motifs is 1. The molecule has 2 N–H and O–H groups in total. The highest BCUT2D eigenvalue weighted by Gasteiger charge is 2.12. The minimum Gasteiger partial charge on any atom is -0.334 e. The highest BCUT2D eigenvalue weighted by molar-refractivity contribution is 5.89. The van der Waals surface area contributed by atoms with Crippen molar-refractivity contribution < 1.29 is 4.79 Å². The molecular weight excluding hydrogens is 292 g/mol. The van der Waals surface area contributed by atoms with Gasteiger partial charge in [-0.2, -0.15) is 0 Å². The molecule has 2 aromatic heterocycles. The van der Waals surface area contributed by atoms with Crippen LogP contribution in [-0.4, -0.2) is 15.4 Å². The predicted molar refractivity (Wildman–Crippen MR) is 88.5 cm³/mol. The van der Waals surface area contributed by atoms with Crippen LogP contribution < -0.4 is 16.2 Å². The van der Waals surface area contributed by atoms with E-state index in [0.29, 0.717) is 17.9 Å². The molecule has 0 aliphatic heterocycles. The predicted octanol–water partition coefficient (Wildman–Crippen LogP) is 2.32. The van der Waals surface area contributed by atoms with Crippen LogP contribution in [0.2, 0.25) is 0 Å². The summed E-state index contributed by atoms with van der Waals surface area (Å²) >= 11 is 0. The van der Waals surface area contributed by atoms with Crippen molar-refractivity contribution in [3.8, 4) is 0 Å². The first-order valence-electron chi connectivity index (χ1n) is 7.22. The number of benzene rings is 1. The number of amides is 2. The van der Waals surface area contributed by atoms with Gasteiger partial charge in [-0.25, -0.2) is 9.78 Å². The van der Waals surface area contributed by atoms with E-state index in [1.807, 2.05) is 30.3 Å². The standard InChI is InChI=1S/C17H16N4O2/c1-12-15(16(22)21-10-6-5-9-14(21)19-12)20-17(23)18-11-13-7-3-2-4-8-13/h2-10H,11H2,1H3,(H2,18,20,23). The maximum atomic E-state index is 12.4. The zero-order chi connectivity index (χ0) is 16.2. The van der Waals surface area contributed by atoms with Gasteiger partial charge in [0.05, 0.1) is 5.69 Å². The fourth-order valence-electron chi connectivity index (χ4n) is 2.28. The molecule has 1 aromatic carbocycles. The minimum atomic E-state index is -0.438. The van der Waals surface area contributed by atoms with E-state index in [4.69, 9.17) is 0 Å². The Morgan fingerprint density at radius 1 is 1.13 bits per heavy atom. The highest BCUT2D eigenvalue weighted by Crippen LogP contribution is 2.08. The van der Waals surface area contributed by atoms with Crippen LogP contribution in [0.5, 0.6) is 0 Å². The van der Waals surface area contributed by atoms with Gasteiger partial charge in [-0.3, -0.25) is 9.20 Å². The number of hydrogen-bond donors (Lipinski definition) is 2. The van der Waals surface area contributed by atoms with Crippen LogP contribution in [0.15, 0.2) is 59.5 Å². The number of hydrogen-bond acceptors (Lipinski definition) is 3. The molecule has 0 fully saturated rings. The number of rotatable bonds is 3. The average molecular weight is 308 g/mol. The molecule has 0 saturated heterocycles. The van der Waals surface area contributed by atoms with Crippen LogP contribution in [0.3, 0.4) is 0 Å². The Kier molecular flexibility index (Phi) is 4.05. The van der Waals surface area contributed by atoms with Gasteiger partial charge in [0.25, 0.3) is 5.56 Å². The van der Waals surface area contributed by atoms with Gasteiger partial charge in [0, 0.05) is 12.7 Å². The second-order valence-corrected chi connectivity index (χ2v) is 5.10. The Balaban J connectivity index is 1.78. The number of nitrogens with one attached hydrogen (secondary N) is 2. The summed E-state index contributed by atoms with van der Waals surface area (Å²) in [6.07, 6.45) is 1.62. The largest absolute Gasteiger partial charge is 0.334 e. The van der Waals surface area contributed by atoms with Gasteiger partial charge in [-0.15, -0.1) is 0 Å². The summed E-state index contributed by atoms with van der Waals surface area (Å²) in [7, 11) is 0. The molecular formula is C17H16N4O2. The third-order valence-electron chi connectivity index (χ3n) is 3.45. The first kappa shape index (κ1) is 14.8. The van der Waals surface area contributed by atoms with Gasteiger partial charge in [0.2, 0.25) is 0 Å². The van der Waals surface area contributed by atoms with Crippen molar-refractivity contribution >= 4 is 17.4 Å². The third-order valence-corrected chi connectivity index (χ3v) is 3.45. The van der Waals surface area contributed by atoms with Gasteiger partial charge in [-0.1, -0.05) is 36.4 Å². The molecule has 2 heterocycles. The fourth-order valence-corrected chi connectivity index (χ4v) is 2.28. The van der Waals surface area contributed by atoms with Crippen molar-refractivity contribution in [2.24, 2.45) is 0 Å². The molecule has 6 heteroatoms. The Hall–Kier alpha value is -3.15. The van der Waals surface area contributed by atoms with E-state index in [2.05, 4.69) is 15.6 Å². The van der Waals surface area contributed by atoms with Crippen LogP contribution in [-0.2, 0) is 6.54 Å². The van der Waals surface area contributed by atoms with Crippen LogP contribution in [0.1, 0.15) is 11.3 Å². The van der Waals surface area contributed by atoms with Crippen molar-refractivity contribution in [1.29, 1.82) is 0 Å². The van der Waals surface area contributed by atoms with Crippen molar-refractivity contribution in [2.45, 2.75) is 13.5 Å². The molecule has 0 atom stereocenters. The molecule has 2 amide bonds. The number of aromatic nitrogens is 2. The molecule has 0 bridgehead atoms. The molecule has 6 nitrogen and oxygen atoms in total. The summed E-state index contributed by atoms with van der Waals surface area (Å²) in [6, 6.07) is 14.4. The van der Waals surface area contributed by atoms with E-state index in [9.17, 15) is 9.59 Å². The van der Waals surface area contributed by atoms with Crippen molar-refractivity contribution in [3.05, 3.63) is 76.3 Å². The lowest BCUT2D eigenvalue weighted by Gasteiger charge is -2.10. The molecule has 0 saturated carbocycles. The molecule has 0 spiro atoms. The lowest BCUT2D eigenvalue weighted by Crippen LogP contribution is -2.32. The zero-order valence-electron chi connectivity index (χ0n) is 12.6. The number of nitrogens with zero attached hydrogens (tertiary/aromatic N) is 2. The smallest absolute Gasteiger partial charge is 0.319 e. The minimum absolute atomic E-state index is 0.180. The number of pyridine rings is 1. The molecule has 3 aromatic rings. The summed E-state index contributed by atoms with van der Waals surface area (Å²) in [5.74, 6) is 0. The third kappa shape index (κ3) is 3.21. The molecule has 0 radical (unpaired) electrons. The van der Waals surface area contributed by atoms with E-state index in [1.54, 1.807) is 31.3 Å². The topological polar surface area (TPSA) is 75.5 Å². The molecule has 0 aliphatic rings. The van der Waals surface area contributed by atoms with Crippen molar-refractivity contribution in [2.75, 3.05) is 5.32 Å². The Morgan fingerprint density at radius 3 is 2.65 bits per heavy atom. The van der Waals surface area contributed by atoms with E-state index >= 15 is 0 Å². The van der Waals surface area contributed by atoms with Crippen LogP contribution in [0.25, 0.3) is 5.65 Å². The number of carbonyl (C=O) groups excluding carboxylic acids is 1. The highest BCUT2D eigenvalue weighted by atomic mass is 16.2. The Labute approximate surface area is 132 Å². The lowest BCUT2D eigenvalue weighted by atomic mass is 10.2. The fraction of sp³-hybridized carbons (Fsp3) is 0.118. The Bertz CT molecular complexity index is 903. The van der Waals surface area contributed by atoms with Gasteiger partial charge in [0.1, 0.15) is 11.3 Å². The van der Waals surface area contributed by atoms with Gasteiger partial charge in [0.15, 0.2) is 0 Å². The number of aryl methyl sites for hydroxylation is 1. The first-order valence-corrected chi connectivity index (χ1v) is 7.22. The van der Waals surface area contributed by atoms with E-state index in [1.165, 1.54) is 4.40 Å². The van der Waals surface area contributed by atoms with Crippen molar-refractivity contribution in [1.82, 2.24) is 14.7 Å². The zero-order valence-corrected chi connectivity index (χ0v) is 12.6. The van der Waals surface area contributed by atoms with Crippen molar-refractivity contribution in [3.63, 3.8) is 0 Å². The Morgan fingerprint density at radius 2 is 1.87 bits per heavy atom. The van der Waals surface area contributed by atoms with Crippen LogP contribution >= 0.6 is 0 Å². The molecule has 0 aliphatic carbocycles. The maximum Gasteiger partial charge on any atom is 0.319 e. The summed E-state index contributed by atoms with van der Waals surface area (Å²) in [5.41, 5.74) is 1.89. The molecule has 0 unspecified atom stereocenters. The lowest BCUT2D eigenvalue weighted by molar-refractivity contribution is 0.251. The van der Waals surface area contributed by atoms with E-state index < -0.39 is 6.03 Å². The van der Waals surface area contributed by atoms with Gasteiger partial charge in [-0.05, 0) is 24.6 Å². The molecule has 3 rings (SSSR count). The maximum absolute atomic E-state index is 12.4. The van der Waals surface area contributed by atoms with Crippen LogP contribution in [0, 0.1) is 6.92 Å². The normalized spacial score (nSPS) is 10.5. The monoisotopic (exact) mass is 308 g/mol. The van der Waals surface area contributed by atoms with Gasteiger partial charge < -0.3 is 10.6 Å². The first-order chi connectivity index (χ1) is 11.1.